The Morgan fingerprint density at radius 1 is 0.974 bits per heavy atom. The average Bonchev–Trinajstić information content (AvgIpc) is 3.25. The lowest BCUT2D eigenvalue weighted by molar-refractivity contribution is 0.103. The number of carbonyl (C=O) groups excluding carboxylic acids is 1. The van der Waals surface area contributed by atoms with Crippen molar-refractivity contribution in [1.29, 1.82) is 5.26 Å². The van der Waals surface area contributed by atoms with Crippen molar-refractivity contribution in [2.24, 2.45) is 5.92 Å². The maximum atomic E-state index is 13.3. The molecule has 2 aromatic heterocycles. The summed E-state index contributed by atoms with van der Waals surface area (Å²) in [5, 5.41) is 9.29. The second-order valence-corrected chi connectivity index (χ2v) is 10.2. The number of carbonyl (C=O) groups is 1. The van der Waals surface area contributed by atoms with Gasteiger partial charge in [0.2, 0.25) is 5.78 Å². The first-order chi connectivity index (χ1) is 19.0. The molecule has 0 N–H and O–H groups in total. The molecule has 0 saturated carbocycles. The molecule has 0 unspecified atom stereocenters. The lowest BCUT2D eigenvalue weighted by Gasteiger charge is -2.28. The Hall–Kier alpha value is -4.61. The van der Waals surface area contributed by atoms with Crippen LogP contribution < -0.4 is 10.3 Å². The number of nitriles is 1. The van der Waals surface area contributed by atoms with E-state index in [9.17, 15) is 14.9 Å². The minimum atomic E-state index is -0.261. The smallest absolute Gasteiger partial charge is 0.251 e. The summed E-state index contributed by atoms with van der Waals surface area (Å²) in [6, 6.07) is 17.9. The minimum Gasteiger partial charge on any atom is -0.490 e. The number of likely N-dealkylation sites (tertiary alicyclic amines) is 1. The van der Waals surface area contributed by atoms with Crippen LogP contribution in [0.2, 0.25) is 0 Å². The van der Waals surface area contributed by atoms with E-state index in [-0.39, 0.29) is 17.9 Å². The Kier molecular flexibility index (Phi) is 6.51. The number of fused-ring (bicyclic) bond motifs is 3. The van der Waals surface area contributed by atoms with Crippen LogP contribution in [0.4, 0.5) is 0 Å². The molecule has 4 aromatic rings. The van der Waals surface area contributed by atoms with Crippen LogP contribution >= 0.6 is 0 Å². The summed E-state index contributed by atoms with van der Waals surface area (Å²) >= 11 is 0. The molecule has 2 aromatic carbocycles. The van der Waals surface area contributed by atoms with Crippen molar-refractivity contribution in [3.8, 4) is 34.3 Å². The average molecular weight is 518 g/mol. The third-order valence-corrected chi connectivity index (χ3v) is 7.56. The molecule has 8 nitrogen and oxygen atoms in total. The van der Waals surface area contributed by atoms with Crippen LogP contribution in [0.25, 0.3) is 22.5 Å². The van der Waals surface area contributed by atoms with Gasteiger partial charge in [0.05, 0.1) is 37.2 Å². The van der Waals surface area contributed by atoms with Crippen molar-refractivity contribution in [2.45, 2.75) is 19.4 Å². The lowest BCUT2D eigenvalue weighted by atomic mass is 9.98. The molecule has 8 heteroatoms. The fourth-order valence-electron chi connectivity index (χ4n) is 5.33. The highest BCUT2D eigenvalue weighted by molar-refractivity contribution is 6.20. The van der Waals surface area contributed by atoms with Gasteiger partial charge in [0.25, 0.3) is 5.56 Å². The van der Waals surface area contributed by atoms with Crippen LogP contribution in [0.5, 0.6) is 5.75 Å². The first kappa shape index (κ1) is 24.7. The van der Waals surface area contributed by atoms with Crippen molar-refractivity contribution in [3.05, 3.63) is 99.7 Å². The van der Waals surface area contributed by atoms with Crippen molar-refractivity contribution >= 4 is 5.78 Å². The molecule has 1 saturated heterocycles. The fourth-order valence-corrected chi connectivity index (χ4v) is 5.33. The Bertz CT molecular complexity index is 1660. The number of ether oxygens (including phenoxy) is 1. The molecule has 2 aliphatic rings. The van der Waals surface area contributed by atoms with E-state index in [2.05, 4.69) is 28.0 Å². The molecule has 6 rings (SSSR count). The van der Waals surface area contributed by atoms with Crippen LogP contribution in [-0.4, -0.2) is 52.0 Å². The van der Waals surface area contributed by atoms with Crippen molar-refractivity contribution in [2.75, 3.05) is 26.7 Å². The molecule has 1 aliphatic carbocycles. The fraction of sp³-hybridized carbons (Fsp3) is 0.258. The largest absolute Gasteiger partial charge is 0.490 e. The SMILES string of the molecule is CN1CCC(COc2cnc(-c3cccc(Cn4c5c(ccc4=O)-c4cc(C#N)ccc4C5=O)c3)nc2)CC1. The zero-order valence-electron chi connectivity index (χ0n) is 21.6. The third kappa shape index (κ3) is 4.85. The van der Waals surface area contributed by atoms with Crippen molar-refractivity contribution in [3.63, 3.8) is 0 Å². The summed E-state index contributed by atoms with van der Waals surface area (Å²) < 4.78 is 7.45. The predicted octanol–water partition coefficient (Wildman–Crippen LogP) is 4.16. The van der Waals surface area contributed by atoms with E-state index >= 15 is 0 Å². The number of aromatic nitrogens is 3. The quantitative estimate of drug-likeness (QED) is 0.333. The standard InChI is InChI=1S/C31H27N5O3/c1-35-11-9-20(10-12-35)19-39-24-16-33-31(34-17-24)23-4-2-3-22(13-23)18-36-28(37)8-7-25-27-14-21(15-32)5-6-26(27)30(38)29(25)36/h2-8,13-14,16-17,20H,9-12,18-19H2,1H3. The number of benzene rings is 2. The van der Waals surface area contributed by atoms with Gasteiger partial charge in [-0.3, -0.25) is 9.59 Å². The summed E-state index contributed by atoms with van der Waals surface area (Å²) in [7, 11) is 2.15. The molecule has 0 bridgehead atoms. The third-order valence-electron chi connectivity index (χ3n) is 7.56. The summed E-state index contributed by atoms with van der Waals surface area (Å²) in [5.74, 6) is 1.55. The molecular formula is C31H27N5O3. The predicted molar refractivity (Wildman–Crippen MR) is 147 cm³/mol. The molecule has 1 aliphatic heterocycles. The highest BCUT2D eigenvalue weighted by Gasteiger charge is 2.30. The number of hydrogen-bond acceptors (Lipinski definition) is 7. The Labute approximate surface area is 226 Å². The maximum Gasteiger partial charge on any atom is 0.251 e. The topological polar surface area (TPSA) is 101 Å². The van der Waals surface area contributed by atoms with Crippen LogP contribution in [0, 0.1) is 17.2 Å². The van der Waals surface area contributed by atoms with E-state index in [1.54, 1.807) is 36.7 Å². The molecule has 1 fully saturated rings. The molecule has 3 heterocycles. The van der Waals surface area contributed by atoms with Gasteiger partial charge >= 0.3 is 0 Å². The van der Waals surface area contributed by atoms with E-state index in [1.165, 1.54) is 10.6 Å². The summed E-state index contributed by atoms with van der Waals surface area (Å²) in [5.41, 5.74) is 4.06. The number of ketones is 1. The number of piperidine rings is 1. The van der Waals surface area contributed by atoms with Crippen molar-refractivity contribution < 1.29 is 9.53 Å². The van der Waals surface area contributed by atoms with E-state index < -0.39 is 0 Å². The van der Waals surface area contributed by atoms with Crippen LogP contribution in [0.15, 0.2) is 71.8 Å². The van der Waals surface area contributed by atoms with Crippen LogP contribution in [-0.2, 0) is 6.54 Å². The van der Waals surface area contributed by atoms with Crippen LogP contribution in [0.1, 0.15) is 40.0 Å². The van der Waals surface area contributed by atoms with Gasteiger partial charge in [-0.1, -0.05) is 18.2 Å². The summed E-state index contributed by atoms with van der Waals surface area (Å²) in [6.07, 6.45) is 5.66. The molecule has 0 spiro atoms. The Morgan fingerprint density at radius 3 is 2.51 bits per heavy atom. The second-order valence-electron chi connectivity index (χ2n) is 10.2. The zero-order chi connectivity index (χ0) is 26.9. The normalized spacial score (nSPS) is 15.0. The molecule has 0 amide bonds. The van der Waals surface area contributed by atoms with E-state index in [0.29, 0.717) is 52.0 Å². The van der Waals surface area contributed by atoms with E-state index in [4.69, 9.17) is 4.74 Å². The van der Waals surface area contributed by atoms with Crippen molar-refractivity contribution in [1.82, 2.24) is 19.4 Å². The first-order valence-corrected chi connectivity index (χ1v) is 13.1. The Balaban J connectivity index is 1.21. The number of pyridine rings is 1. The molecule has 39 heavy (non-hydrogen) atoms. The van der Waals surface area contributed by atoms with E-state index in [1.807, 2.05) is 24.3 Å². The Morgan fingerprint density at radius 2 is 1.74 bits per heavy atom. The molecule has 194 valence electrons. The van der Waals surface area contributed by atoms with Gasteiger partial charge in [0, 0.05) is 22.8 Å². The van der Waals surface area contributed by atoms with Gasteiger partial charge in [-0.2, -0.15) is 5.26 Å². The number of nitrogens with zero attached hydrogens (tertiary/aromatic N) is 5. The molecule has 0 radical (unpaired) electrons. The zero-order valence-corrected chi connectivity index (χ0v) is 21.6. The van der Waals surface area contributed by atoms with Gasteiger partial charge in [0.1, 0.15) is 5.69 Å². The van der Waals surface area contributed by atoms with Gasteiger partial charge in [-0.25, -0.2) is 9.97 Å². The highest BCUT2D eigenvalue weighted by Crippen LogP contribution is 2.36. The second kappa shape index (κ2) is 10.3. The van der Waals surface area contributed by atoms with Gasteiger partial charge in [0.15, 0.2) is 11.6 Å². The number of rotatable bonds is 6. The van der Waals surface area contributed by atoms with E-state index in [0.717, 1.165) is 37.1 Å². The van der Waals surface area contributed by atoms with Gasteiger partial charge in [-0.15, -0.1) is 0 Å². The highest BCUT2D eigenvalue weighted by atomic mass is 16.5. The minimum absolute atomic E-state index is 0.211. The molecule has 0 atom stereocenters. The monoisotopic (exact) mass is 517 g/mol. The number of hydrogen-bond donors (Lipinski definition) is 0. The lowest BCUT2D eigenvalue weighted by Crippen LogP contribution is -2.32. The summed E-state index contributed by atoms with van der Waals surface area (Å²) in [6.45, 7) is 3.09. The maximum absolute atomic E-state index is 13.3. The molecular weight excluding hydrogens is 490 g/mol. The van der Waals surface area contributed by atoms with Gasteiger partial charge < -0.3 is 14.2 Å². The summed E-state index contributed by atoms with van der Waals surface area (Å²) in [4.78, 5) is 37.5. The van der Waals surface area contributed by atoms with Gasteiger partial charge in [-0.05, 0) is 80.4 Å². The van der Waals surface area contributed by atoms with Crippen LogP contribution in [0.3, 0.4) is 0 Å². The first-order valence-electron chi connectivity index (χ1n) is 13.1.